The third kappa shape index (κ3) is 9.18. The second kappa shape index (κ2) is 13.7. The number of amides is 2. The van der Waals surface area contributed by atoms with E-state index in [9.17, 15) is 22.4 Å². The number of hydrogen-bond donors (Lipinski definition) is 1. The van der Waals surface area contributed by atoms with Gasteiger partial charge in [0.1, 0.15) is 18.4 Å². The SMILES string of the molecule is CC(C)CNC(=O)[C@H](Cc1ccccc1)N(Cc1ccc(Br)cc1)C(=O)CN(c1cccc(F)c1)S(C)(=O)=O. The molecule has 0 unspecified atom stereocenters. The summed E-state index contributed by atoms with van der Waals surface area (Å²) in [6.45, 7) is 3.84. The fourth-order valence-electron chi connectivity index (χ4n) is 4.01. The molecule has 0 spiro atoms. The van der Waals surface area contributed by atoms with Crippen LogP contribution in [-0.2, 0) is 32.6 Å². The molecule has 0 heterocycles. The molecule has 0 aliphatic rings. The lowest BCUT2D eigenvalue weighted by Gasteiger charge is -2.33. The molecular formula is C29H33BrFN3O4S. The molecule has 0 aliphatic heterocycles. The summed E-state index contributed by atoms with van der Waals surface area (Å²) in [7, 11) is -3.96. The van der Waals surface area contributed by atoms with E-state index in [2.05, 4.69) is 21.2 Å². The molecule has 0 saturated carbocycles. The molecule has 10 heteroatoms. The van der Waals surface area contributed by atoms with E-state index in [1.807, 2.05) is 68.4 Å². The van der Waals surface area contributed by atoms with Gasteiger partial charge in [-0.15, -0.1) is 0 Å². The number of carbonyl (C=O) groups is 2. The van der Waals surface area contributed by atoms with Crippen molar-refractivity contribution in [2.24, 2.45) is 5.92 Å². The van der Waals surface area contributed by atoms with E-state index in [4.69, 9.17) is 0 Å². The van der Waals surface area contributed by atoms with Crippen molar-refractivity contribution in [3.63, 3.8) is 0 Å². The van der Waals surface area contributed by atoms with Gasteiger partial charge in [0.25, 0.3) is 0 Å². The van der Waals surface area contributed by atoms with Crippen LogP contribution in [-0.4, -0.2) is 50.5 Å². The lowest BCUT2D eigenvalue weighted by molar-refractivity contribution is -0.140. The first kappa shape index (κ1) is 30.3. The number of rotatable bonds is 12. The van der Waals surface area contributed by atoms with Crippen molar-refractivity contribution in [2.45, 2.75) is 32.9 Å². The van der Waals surface area contributed by atoms with Crippen LogP contribution in [0.4, 0.5) is 10.1 Å². The summed E-state index contributed by atoms with van der Waals surface area (Å²) in [5.41, 5.74) is 1.64. The molecule has 1 N–H and O–H groups in total. The molecule has 0 aliphatic carbocycles. The summed E-state index contributed by atoms with van der Waals surface area (Å²) in [5, 5.41) is 2.93. The highest BCUT2D eigenvalue weighted by atomic mass is 79.9. The van der Waals surface area contributed by atoms with Crippen molar-refractivity contribution in [3.8, 4) is 0 Å². The van der Waals surface area contributed by atoms with Crippen LogP contribution in [0.1, 0.15) is 25.0 Å². The fraction of sp³-hybridized carbons (Fsp3) is 0.310. The number of nitrogens with zero attached hydrogens (tertiary/aromatic N) is 2. The molecule has 1 atom stereocenters. The van der Waals surface area contributed by atoms with E-state index in [1.165, 1.54) is 23.1 Å². The van der Waals surface area contributed by atoms with Crippen LogP contribution < -0.4 is 9.62 Å². The van der Waals surface area contributed by atoms with Gasteiger partial charge in [-0.3, -0.25) is 13.9 Å². The normalized spacial score (nSPS) is 12.2. The molecule has 3 rings (SSSR count). The number of sulfonamides is 1. The summed E-state index contributed by atoms with van der Waals surface area (Å²) in [4.78, 5) is 28.9. The van der Waals surface area contributed by atoms with Crippen LogP contribution in [0.2, 0.25) is 0 Å². The zero-order chi connectivity index (χ0) is 28.6. The molecule has 2 amide bonds. The monoisotopic (exact) mass is 617 g/mol. The Kier molecular flexibility index (Phi) is 10.7. The molecule has 0 radical (unpaired) electrons. The summed E-state index contributed by atoms with van der Waals surface area (Å²) < 4.78 is 41.1. The predicted molar refractivity (Wildman–Crippen MR) is 155 cm³/mol. The Morgan fingerprint density at radius 3 is 2.21 bits per heavy atom. The topological polar surface area (TPSA) is 86.8 Å². The highest BCUT2D eigenvalue weighted by molar-refractivity contribution is 9.10. The second-order valence-electron chi connectivity index (χ2n) is 9.74. The van der Waals surface area contributed by atoms with Gasteiger partial charge in [0.2, 0.25) is 21.8 Å². The molecule has 0 aromatic heterocycles. The van der Waals surface area contributed by atoms with E-state index < -0.39 is 34.3 Å². The van der Waals surface area contributed by atoms with E-state index in [0.717, 1.165) is 32.2 Å². The number of carbonyl (C=O) groups excluding carboxylic acids is 2. The Balaban J connectivity index is 2.04. The van der Waals surface area contributed by atoms with E-state index in [0.29, 0.717) is 6.54 Å². The molecule has 3 aromatic carbocycles. The Bertz CT molecular complexity index is 1370. The highest BCUT2D eigenvalue weighted by Crippen LogP contribution is 2.21. The number of hydrogen-bond acceptors (Lipinski definition) is 4. The minimum atomic E-state index is -3.96. The largest absolute Gasteiger partial charge is 0.354 e. The third-order valence-electron chi connectivity index (χ3n) is 6.00. The summed E-state index contributed by atoms with van der Waals surface area (Å²) in [5.74, 6) is -1.37. The van der Waals surface area contributed by atoms with Crippen molar-refractivity contribution in [1.82, 2.24) is 10.2 Å². The van der Waals surface area contributed by atoms with Crippen LogP contribution in [0, 0.1) is 11.7 Å². The van der Waals surface area contributed by atoms with E-state index >= 15 is 0 Å². The lowest BCUT2D eigenvalue weighted by atomic mass is 10.0. The second-order valence-corrected chi connectivity index (χ2v) is 12.6. The Morgan fingerprint density at radius 2 is 1.62 bits per heavy atom. The summed E-state index contributed by atoms with van der Waals surface area (Å²) >= 11 is 3.41. The maximum Gasteiger partial charge on any atom is 0.244 e. The minimum Gasteiger partial charge on any atom is -0.354 e. The molecule has 3 aromatic rings. The van der Waals surface area contributed by atoms with Gasteiger partial charge in [-0.05, 0) is 47.4 Å². The Morgan fingerprint density at radius 1 is 0.949 bits per heavy atom. The van der Waals surface area contributed by atoms with Gasteiger partial charge in [0.15, 0.2) is 0 Å². The number of nitrogens with one attached hydrogen (secondary N) is 1. The average molecular weight is 619 g/mol. The van der Waals surface area contributed by atoms with Crippen molar-refractivity contribution < 1.29 is 22.4 Å². The van der Waals surface area contributed by atoms with Crippen molar-refractivity contribution in [2.75, 3.05) is 23.7 Å². The Labute approximate surface area is 238 Å². The lowest BCUT2D eigenvalue weighted by Crippen LogP contribution is -2.53. The first-order chi connectivity index (χ1) is 18.4. The molecule has 7 nitrogen and oxygen atoms in total. The number of halogens is 2. The zero-order valence-electron chi connectivity index (χ0n) is 22.2. The molecule has 0 fully saturated rings. The van der Waals surface area contributed by atoms with Gasteiger partial charge in [-0.25, -0.2) is 12.8 Å². The van der Waals surface area contributed by atoms with Crippen LogP contribution >= 0.6 is 15.9 Å². The van der Waals surface area contributed by atoms with Crippen LogP contribution in [0.5, 0.6) is 0 Å². The highest BCUT2D eigenvalue weighted by Gasteiger charge is 2.33. The standard InChI is InChI=1S/C29H33BrFN3O4S/c1-21(2)18-32-29(36)27(16-22-8-5-4-6-9-22)33(19-23-12-14-24(30)15-13-23)28(35)20-34(39(3,37)38)26-11-7-10-25(31)17-26/h4-15,17,21,27H,16,18-20H2,1-3H3,(H,32,36)/t27-/m0/s1. The summed E-state index contributed by atoms with van der Waals surface area (Å²) in [6, 6.07) is 20.8. The quantitative estimate of drug-likeness (QED) is 0.317. The van der Waals surface area contributed by atoms with Crippen molar-refractivity contribution in [3.05, 3.63) is 100 Å². The first-order valence-corrected chi connectivity index (χ1v) is 15.2. The number of benzene rings is 3. The fourth-order valence-corrected chi connectivity index (χ4v) is 5.11. The van der Waals surface area contributed by atoms with E-state index in [1.54, 1.807) is 0 Å². The molecule has 0 saturated heterocycles. The minimum absolute atomic E-state index is 0.0262. The smallest absolute Gasteiger partial charge is 0.244 e. The van der Waals surface area contributed by atoms with Gasteiger partial charge >= 0.3 is 0 Å². The van der Waals surface area contributed by atoms with Gasteiger partial charge in [-0.2, -0.15) is 0 Å². The third-order valence-corrected chi connectivity index (χ3v) is 7.67. The maximum atomic E-state index is 14.0. The predicted octanol–water partition coefficient (Wildman–Crippen LogP) is 4.77. The van der Waals surface area contributed by atoms with Crippen molar-refractivity contribution in [1.29, 1.82) is 0 Å². The van der Waals surface area contributed by atoms with Crippen LogP contribution in [0.3, 0.4) is 0 Å². The van der Waals surface area contributed by atoms with E-state index in [-0.39, 0.29) is 30.5 Å². The summed E-state index contributed by atoms with van der Waals surface area (Å²) in [6.07, 6.45) is 1.19. The van der Waals surface area contributed by atoms with Crippen LogP contribution in [0.25, 0.3) is 0 Å². The zero-order valence-corrected chi connectivity index (χ0v) is 24.6. The van der Waals surface area contributed by atoms with Gasteiger partial charge in [-0.1, -0.05) is 78.3 Å². The molecule has 208 valence electrons. The Hall–Kier alpha value is -3.24. The van der Waals surface area contributed by atoms with Crippen molar-refractivity contribution >= 4 is 43.5 Å². The molecular weight excluding hydrogens is 585 g/mol. The molecule has 39 heavy (non-hydrogen) atoms. The van der Waals surface area contributed by atoms with Gasteiger partial charge in [0, 0.05) is 24.0 Å². The number of anilines is 1. The average Bonchev–Trinajstić information content (AvgIpc) is 2.88. The van der Waals surface area contributed by atoms with Gasteiger partial charge in [0.05, 0.1) is 11.9 Å². The maximum absolute atomic E-state index is 14.0. The van der Waals surface area contributed by atoms with Crippen LogP contribution in [0.15, 0.2) is 83.3 Å². The van der Waals surface area contributed by atoms with Gasteiger partial charge < -0.3 is 10.2 Å². The molecule has 0 bridgehead atoms. The first-order valence-electron chi connectivity index (χ1n) is 12.5.